The van der Waals surface area contributed by atoms with Gasteiger partial charge < -0.3 is 4.98 Å². The third-order valence-electron chi connectivity index (χ3n) is 2.78. The maximum Gasteiger partial charge on any atom is 0.0534 e. The fourth-order valence-corrected chi connectivity index (χ4v) is 2.07. The highest BCUT2D eigenvalue weighted by atomic mass is 14.7. The molecular weight excluding hydrogens is 196 g/mol. The summed E-state index contributed by atoms with van der Waals surface area (Å²) < 4.78 is 0. The number of aromatic amines is 1. The Kier molecular flexibility index (Phi) is 2.00. The molecule has 3 rings (SSSR count). The summed E-state index contributed by atoms with van der Waals surface area (Å²) in [6.07, 6.45) is 5.67. The summed E-state index contributed by atoms with van der Waals surface area (Å²) >= 11 is 0. The van der Waals surface area contributed by atoms with E-state index < -0.39 is 0 Å². The van der Waals surface area contributed by atoms with Crippen molar-refractivity contribution in [2.24, 2.45) is 0 Å². The van der Waals surface area contributed by atoms with Gasteiger partial charge in [0.1, 0.15) is 0 Å². The number of fused-ring (bicyclic) bond motifs is 1. The van der Waals surface area contributed by atoms with Crippen molar-refractivity contribution in [1.29, 1.82) is 0 Å². The van der Waals surface area contributed by atoms with Gasteiger partial charge in [0.05, 0.1) is 5.52 Å². The van der Waals surface area contributed by atoms with Crippen molar-refractivity contribution in [3.8, 4) is 11.1 Å². The lowest BCUT2D eigenvalue weighted by Crippen LogP contribution is -1.83. The van der Waals surface area contributed by atoms with Crippen LogP contribution in [-0.2, 0) is 0 Å². The molecule has 3 aromatic rings. The second-order valence-corrected chi connectivity index (χ2v) is 4.00. The largest absolute Gasteiger partial charge is 0.361 e. The predicted molar refractivity (Wildman–Crippen MR) is 66.3 cm³/mol. The minimum absolute atomic E-state index is 1.15. The molecule has 16 heavy (non-hydrogen) atoms. The zero-order valence-electron chi connectivity index (χ0n) is 9.07. The van der Waals surface area contributed by atoms with Gasteiger partial charge in [-0.15, -0.1) is 0 Å². The standard InChI is InChI=1S/C14H12N2/c1-10-7-11-4-6-16-14(11)13(8-10)12-3-2-5-15-9-12/h2-9,16H,1H3. The minimum atomic E-state index is 1.15. The van der Waals surface area contributed by atoms with Crippen LogP contribution >= 0.6 is 0 Å². The number of aromatic nitrogens is 2. The molecule has 2 heteroatoms. The molecular formula is C14H12N2. The molecule has 0 unspecified atom stereocenters. The lowest BCUT2D eigenvalue weighted by Gasteiger charge is -2.04. The first kappa shape index (κ1) is 9.16. The van der Waals surface area contributed by atoms with E-state index in [-0.39, 0.29) is 0 Å². The molecule has 0 spiro atoms. The summed E-state index contributed by atoms with van der Waals surface area (Å²) in [7, 11) is 0. The molecule has 2 heterocycles. The number of hydrogen-bond acceptors (Lipinski definition) is 1. The van der Waals surface area contributed by atoms with Crippen molar-refractivity contribution in [3.05, 3.63) is 54.5 Å². The lowest BCUT2D eigenvalue weighted by molar-refractivity contribution is 1.33. The molecule has 2 nitrogen and oxygen atoms in total. The van der Waals surface area contributed by atoms with Crippen LogP contribution in [0.3, 0.4) is 0 Å². The highest BCUT2D eigenvalue weighted by Gasteiger charge is 2.05. The molecule has 0 aliphatic carbocycles. The Hall–Kier alpha value is -2.09. The van der Waals surface area contributed by atoms with Gasteiger partial charge in [0.15, 0.2) is 0 Å². The predicted octanol–water partition coefficient (Wildman–Crippen LogP) is 3.54. The van der Waals surface area contributed by atoms with Crippen LogP contribution < -0.4 is 0 Å². The Morgan fingerprint density at radius 1 is 1.19 bits per heavy atom. The number of H-pyrrole nitrogens is 1. The Morgan fingerprint density at radius 2 is 2.12 bits per heavy atom. The zero-order valence-corrected chi connectivity index (χ0v) is 9.07. The van der Waals surface area contributed by atoms with Gasteiger partial charge in [-0.2, -0.15) is 0 Å². The molecule has 78 valence electrons. The highest BCUT2D eigenvalue weighted by Crippen LogP contribution is 2.28. The molecule has 0 radical (unpaired) electrons. The molecule has 1 N–H and O–H groups in total. The number of pyridine rings is 1. The van der Waals surface area contributed by atoms with E-state index in [9.17, 15) is 0 Å². The van der Waals surface area contributed by atoms with E-state index in [2.05, 4.69) is 41.2 Å². The van der Waals surface area contributed by atoms with Crippen molar-refractivity contribution in [2.45, 2.75) is 6.92 Å². The van der Waals surface area contributed by atoms with Crippen molar-refractivity contribution in [1.82, 2.24) is 9.97 Å². The zero-order chi connectivity index (χ0) is 11.0. The molecule has 0 amide bonds. The first-order chi connectivity index (χ1) is 7.84. The summed E-state index contributed by atoms with van der Waals surface area (Å²) in [4.78, 5) is 7.45. The summed E-state index contributed by atoms with van der Waals surface area (Å²) in [5.41, 5.74) is 4.82. The molecule has 0 atom stereocenters. The number of benzene rings is 1. The summed E-state index contributed by atoms with van der Waals surface area (Å²) in [5, 5.41) is 1.25. The van der Waals surface area contributed by atoms with Crippen LogP contribution in [-0.4, -0.2) is 9.97 Å². The number of nitrogens with zero attached hydrogens (tertiary/aromatic N) is 1. The molecule has 0 fully saturated rings. The van der Waals surface area contributed by atoms with Crippen LogP contribution in [0.4, 0.5) is 0 Å². The SMILES string of the molecule is Cc1cc(-c2cccnc2)c2[nH]ccc2c1. The van der Waals surface area contributed by atoms with Gasteiger partial charge >= 0.3 is 0 Å². The van der Waals surface area contributed by atoms with Crippen molar-refractivity contribution in [2.75, 3.05) is 0 Å². The van der Waals surface area contributed by atoms with E-state index in [0.717, 1.165) is 5.56 Å². The van der Waals surface area contributed by atoms with Gasteiger partial charge in [0.2, 0.25) is 0 Å². The number of aryl methyl sites for hydroxylation is 1. The Bertz CT molecular complexity index is 624. The van der Waals surface area contributed by atoms with Crippen molar-refractivity contribution < 1.29 is 0 Å². The summed E-state index contributed by atoms with van der Waals surface area (Å²) in [6, 6.07) is 10.5. The van der Waals surface area contributed by atoms with E-state index in [1.165, 1.54) is 22.0 Å². The fourth-order valence-electron chi connectivity index (χ4n) is 2.07. The van der Waals surface area contributed by atoms with Crippen LogP contribution in [0, 0.1) is 6.92 Å². The first-order valence-corrected chi connectivity index (χ1v) is 5.33. The first-order valence-electron chi connectivity index (χ1n) is 5.33. The van der Waals surface area contributed by atoms with E-state index in [1.54, 1.807) is 6.20 Å². The quantitative estimate of drug-likeness (QED) is 0.651. The maximum absolute atomic E-state index is 4.17. The van der Waals surface area contributed by atoms with Crippen LogP contribution in [0.15, 0.2) is 48.9 Å². The van der Waals surface area contributed by atoms with E-state index in [1.807, 2.05) is 18.5 Å². The second kappa shape index (κ2) is 3.49. The normalized spacial score (nSPS) is 10.8. The topological polar surface area (TPSA) is 28.7 Å². The number of nitrogens with one attached hydrogen (secondary N) is 1. The molecule has 0 saturated carbocycles. The van der Waals surface area contributed by atoms with Crippen molar-refractivity contribution >= 4 is 10.9 Å². The Balaban J connectivity index is 2.34. The van der Waals surface area contributed by atoms with Crippen LogP contribution in [0.5, 0.6) is 0 Å². The number of hydrogen-bond donors (Lipinski definition) is 1. The van der Waals surface area contributed by atoms with Crippen LogP contribution in [0.2, 0.25) is 0 Å². The lowest BCUT2D eigenvalue weighted by atomic mass is 10.0. The van der Waals surface area contributed by atoms with Gasteiger partial charge in [-0.05, 0) is 36.8 Å². The van der Waals surface area contributed by atoms with Crippen LogP contribution in [0.1, 0.15) is 5.56 Å². The van der Waals surface area contributed by atoms with Gasteiger partial charge in [-0.1, -0.05) is 6.07 Å². The maximum atomic E-state index is 4.17. The minimum Gasteiger partial charge on any atom is -0.361 e. The van der Waals surface area contributed by atoms with E-state index in [4.69, 9.17) is 0 Å². The van der Waals surface area contributed by atoms with Gasteiger partial charge in [0, 0.05) is 35.1 Å². The summed E-state index contributed by atoms with van der Waals surface area (Å²) in [5.74, 6) is 0. The highest BCUT2D eigenvalue weighted by molar-refractivity contribution is 5.94. The summed E-state index contributed by atoms with van der Waals surface area (Å²) in [6.45, 7) is 2.12. The molecule has 1 aromatic carbocycles. The third kappa shape index (κ3) is 1.39. The molecule has 0 bridgehead atoms. The van der Waals surface area contributed by atoms with E-state index in [0.29, 0.717) is 0 Å². The van der Waals surface area contributed by atoms with Gasteiger partial charge in [-0.25, -0.2) is 0 Å². The monoisotopic (exact) mass is 208 g/mol. The van der Waals surface area contributed by atoms with E-state index >= 15 is 0 Å². The average Bonchev–Trinajstić information content (AvgIpc) is 2.77. The Morgan fingerprint density at radius 3 is 2.94 bits per heavy atom. The van der Waals surface area contributed by atoms with Crippen LogP contribution in [0.25, 0.3) is 22.0 Å². The second-order valence-electron chi connectivity index (χ2n) is 4.00. The average molecular weight is 208 g/mol. The molecule has 0 saturated heterocycles. The number of rotatable bonds is 1. The molecule has 2 aromatic heterocycles. The van der Waals surface area contributed by atoms with Gasteiger partial charge in [0.25, 0.3) is 0 Å². The van der Waals surface area contributed by atoms with Crippen molar-refractivity contribution in [3.63, 3.8) is 0 Å². The van der Waals surface area contributed by atoms with Gasteiger partial charge in [-0.3, -0.25) is 4.98 Å². The third-order valence-corrected chi connectivity index (χ3v) is 2.78. The molecule has 0 aliphatic rings. The smallest absolute Gasteiger partial charge is 0.0534 e. The fraction of sp³-hybridized carbons (Fsp3) is 0.0714. The molecule has 0 aliphatic heterocycles. The Labute approximate surface area is 94.0 Å².